The molecule has 1 aromatic heterocycles. The van der Waals surface area contributed by atoms with Gasteiger partial charge in [-0.05, 0) is 37.0 Å². The van der Waals surface area contributed by atoms with Gasteiger partial charge in [-0.1, -0.05) is 6.07 Å². The highest BCUT2D eigenvalue weighted by Crippen LogP contribution is 2.22. The first kappa shape index (κ1) is 14.5. The second kappa shape index (κ2) is 6.53. The summed E-state index contributed by atoms with van der Waals surface area (Å²) in [6.07, 6.45) is 7.89. The topological polar surface area (TPSA) is 99.4 Å². The van der Waals surface area contributed by atoms with Gasteiger partial charge in [0, 0.05) is 30.0 Å². The summed E-state index contributed by atoms with van der Waals surface area (Å²) in [5.74, 6) is 0.454. The molecule has 4 N–H and O–H groups in total. The third-order valence-electron chi connectivity index (χ3n) is 3.71. The number of aliphatic imine (C=N–C) groups is 1. The number of nitrogen functional groups attached to an aromatic ring is 1. The lowest BCUT2D eigenvalue weighted by molar-refractivity contribution is 0.0227. The fourth-order valence-electron chi connectivity index (χ4n) is 2.47. The molecule has 0 spiro atoms. The predicted octanol–water partition coefficient (Wildman–Crippen LogP) is 2.11. The molecule has 0 amide bonds. The van der Waals surface area contributed by atoms with Crippen LogP contribution in [0, 0.1) is 0 Å². The summed E-state index contributed by atoms with van der Waals surface area (Å²) < 4.78 is 5.59. The van der Waals surface area contributed by atoms with Gasteiger partial charge in [0.15, 0.2) is 0 Å². The van der Waals surface area contributed by atoms with Gasteiger partial charge in [-0.15, -0.1) is 0 Å². The molecule has 22 heavy (non-hydrogen) atoms. The van der Waals surface area contributed by atoms with Crippen molar-refractivity contribution in [2.75, 3.05) is 12.3 Å². The first-order valence-electron chi connectivity index (χ1n) is 7.35. The Balaban J connectivity index is 1.87. The number of benzene rings is 1. The van der Waals surface area contributed by atoms with Crippen molar-refractivity contribution in [3.05, 3.63) is 36.3 Å². The molecule has 1 aromatic carbocycles. The number of hydrogen-bond donors (Lipinski definition) is 2. The van der Waals surface area contributed by atoms with E-state index in [1.54, 1.807) is 6.21 Å². The van der Waals surface area contributed by atoms with E-state index in [1.807, 2.05) is 18.2 Å². The van der Waals surface area contributed by atoms with Crippen LogP contribution in [-0.2, 0) is 4.74 Å². The third-order valence-corrected chi connectivity index (χ3v) is 3.71. The highest BCUT2D eigenvalue weighted by molar-refractivity contribution is 6.11. The normalized spacial score (nSPS) is 19.8. The standard InChI is InChI=1S/C16H19N5O/c17-8-12(9-19-15-3-1-2-6-22-15)11-4-5-14-13(7-11)16(18)21-10-20-14/h4-5,7-10,15H,1-3,6,17H2,(H2,18,20,21). The van der Waals surface area contributed by atoms with Crippen LogP contribution in [-0.4, -0.2) is 29.0 Å². The maximum absolute atomic E-state index is 5.90. The fraction of sp³-hybridized carbons (Fsp3) is 0.312. The summed E-state index contributed by atoms with van der Waals surface area (Å²) in [6.45, 7) is 0.771. The number of rotatable bonds is 3. The molecule has 6 heteroatoms. The van der Waals surface area contributed by atoms with Crippen LogP contribution in [0.15, 0.2) is 35.7 Å². The van der Waals surface area contributed by atoms with Crippen LogP contribution in [0.3, 0.4) is 0 Å². The van der Waals surface area contributed by atoms with Gasteiger partial charge in [-0.2, -0.15) is 0 Å². The van der Waals surface area contributed by atoms with Crippen LogP contribution in [0.4, 0.5) is 5.82 Å². The maximum Gasteiger partial charge on any atom is 0.148 e. The smallest absolute Gasteiger partial charge is 0.148 e. The largest absolute Gasteiger partial charge is 0.404 e. The quantitative estimate of drug-likeness (QED) is 0.845. The van der Waals surface area contributed by atoms with Crippen molar-refractivity contribution < 1.29 is 4.74 Å². The lowest BCUT2D eigenvalue weighted by atomic mass is 10.1. The Bertz CT molecular complexity index is 720. The van der Waals surface area contributed by atoms with Gasteiger partial charge in [-0.25, -0.2) is 9.97 Å². The van der Waals surface area contributed by atoms with Crippen molar-refractivity contribution in [2.45, 2.75) is 25.5 Å². The van der Waals surface area contributed by atoms with E-state index in [9.17, 15) is 0 Å². The summed E-state index contributed by atoms with van der Waals surface area (Å²) in [6, 6.07) is 5.77. The number of hydrogen-bond acceptors (Lipinski definition) is 6. The number of allylic oxidation sites excluding steroid dienone is 1. The molecule has 1 fully saturated rings. The molecule has 0 radical (unpaired) electrons. The molecular weight excluding hydrogens is 278 g/mol. The van der Waals surface area contributed by atoms with Gasteiger partial charge >= 0.3 is 0 Å². The van der Waals surface area contributed by atoms with Crippen LogP contribution in [0.2, 0.25) is 0 Å². The van der Waals surface area contributed by atoms with E-state index in [0.29, 0.717) is 5.82 Å². The van der Waals surface area contributed by atoms with Crippen molar-refractivity contribution in [1.82, 2.24) is 9.97 Å². The summed E-state index contributed by atoms with van der Waals surface area (Å²) >= 11 is 0. The van der Waals surface area contributed by atoms with Crippen molar-refractivity contribution in [3.8, 4) is 0 Å². The van der Waals surface area contributed by atoms with Crippen molar-refractivity contribution in [1.29, 1.82) is 0 Å². The van der Waals surface area contributed by atoms with Crippen LogP contribution >= 0.6 is 0 Å². The minimum Gasteiger partial charge on any atom is -0.404 e. The Morgan fingerprint density at radius 2 is 2.23 bits per heavy atom. The Hall–Kier alpha value is -2.47. The number of anilines is 1. The van der Waals surface area contributed by atoms with E-state index in [2.05, 4.69) is 15.0 Å². The Kier molecular flexibility index (Phi) is 4.29. The molecule has 0 saturated carbocycles. The predicted molar refractivity (Wildman–Crippen MR) is 88.2 cm³/mol. The summed E-state index contributed by atoms with van der Waals surface area (Å²) in [4.78, 5) is 12.7. The first-order chi connectivity index (χ1) is 10.8. The van der Waals surface area contributed by atoms with Crippen LogP contribution in [0.25, 0.3) is 16.5 Å². The summed E-state index contributed by atoms with van der Waals surface area (Å²) in [7, 11) is 0. The fourth-order valence-corrected chi connectivity index (χ4v) is 2.47. The number of nitrogens with zero attached hydrogens (tertiary/aromatic N) is 3. The zero-order chi connectivity index (χ0) is 15.4. The molecular formula is C16H19N5O. The van der Waals surface area contributed by atoms with E-state index in [0.717, 1.165) is 47.9 Å². The van der Waals surface area contributed by atoms with E-state index in [-0.39, 0.29) is 6.23 Å². The zero-order valence-electron chi connectivity index (χ0n) is 12.3. The van der Waals surface area contributed by atoms with Gasteiger partial charge in [0.2, 0.25) is 0 Å². The van der Waals surface area contributed by atoms with Crippen molar-refractivity contribution in [3.63, 3.8) is 0 Å². The Morgan fingerprint density at radius 1 is 1.32 bits per heavy atom. The van der Waals surface area contributed by atoms with Gasteiger partial charge in [0.25, 0.3) is 0 Å². The van der Waals surface area contributed by atoms with E-state index < -0.39 is 0 Å². The summed E-state index contributed by atoms with van der Waals surface area (Å²) in [5, 5.41) is 0.807. The van der Waals surface area contributed by atoms with Crippen LogP contribution in [0.1, 0.15) is 24.8 Å². The average Bonchev–Trinajstić information content (AvgIpc) is 2.57. The van der Waals surface area contributed by atoms with Crippen molar-refractivity contribution in [2.24, 2.45) is 10.7 Å². The monoisotopic (exact) mass is 297 g/mol. The molecule has 2 aromatic rings. The Labute approximate surface area is 128 Å². The van der Waals surface area contributed by atoms with Gasteiger partial charge in [0.05, 0.1) is 5.52 Å². The minimum absolute atomic E-state index is 0.0717. The molecule has 1 saturated heterocycles. The molecule has 3 rings (SSSR count). The lowest BCUT2D eigenvalue weighted by Crippen LogP contribution is -2.16. The molecule has 1 aliphatic heterocycles. The van der Waals surface area contributed by atoms with Crippen molar-refractivity contribution >= 4 is 28.5 Å². The summed E-state index contributed by atoms with van der Waals surface area (Å²) in [5.41, 5.74) is 14.2. The minimum atomic E-state index is -0.0717. The molecule has 2 heterocycles. The number of ether oxygens (including phenoxy) is 1. The lowest BCUT2D eigenvalue weighted by Gasteiger charge is -2.18. The van der Waals surface area contributed by atoms with Gasteiger partial charge < -0.3 is 16.2 Å². The van der Waals surface area contributed by atoms with Crippen LogP contribution in [0.5, 0.6) is 0 Å². The zero-order valence-corrected chi connectivity index (χ0v) is 12.3. The van der Waals surface area contributed by atoms with E-state index >= 15 is 0 Å². The Morgan fingerprint density at radius 3 is 3.00 bits per heavy atom. The van der Waals surface area contributed by atoms with E-state index in [4.69, 9.17) is 16.2 Å². The molecule has 1 aliphatic rings. The molecule has 6 nitrogen and oxygen atoms in total. The third kappa shape index (κ3) is 3.07. The molecule has 114 valence electrons. The molecule has 1 unspecified atom stereocenters. The number of nitrogens with two attached hydrogens (primary N) is 2. The molecule has 0 aliphatic carbocycles. The second-order valence-corrected chi connectivity index (χ2v) is 5.21. The SMILES string of the molecule is NC=C(C=NC1CCCCO1)c1ccc2ncnc(N)c2c1. The van der Waals surface area contributed by atoms with Gasteiger partial charge in [-0.3, -0.25) is 4.99 Å². The number of fused-ring (bicyclic) bond motifs is 1. The maximum atomic E-state index is 5.90. The number of aromatic nitrogens is 2. The molecule has 0 bridgehead atoms. The molecule has 1 atom stereocenters. The second-order valence-electron chi connectivity index (χ2n) is 5.21. The highest BCUT2D eigenvalue weighted by Gasteiger charge is 2.11. The van der Waals surface area contributed by atoms with Gasteiger partial charge in [0.1, 0.15) is 18.4 Å². The van der Waals surface area contributed by atoms with Crippen LogP contribution < -0.4 is 11.5 Å². The van der Waals surface area contributed by atoms with E-state index in [1.165, 1.54) is 12.5 Å². The average molecular weight is 297 g/mol. The highest BCUT2D eigenvalue weighted by atomic mass is 16.5. The first-order valence-corrected chi connectivity index (χ1v) is 7.35.